The van der Waals surface area contributed by atoms with E-state index in [0.29, 0.717) is 16.3 Å². The van der Waals surface area contributed by atoms with Gasteiger partial charge in [0.15, 0.2) is 12.4 Å². The number of ether oxygens (including phenoxy) is 1. The molecule has 0 aromatic heterocycles. The molecular formula is C21H20ClNO4. The minimum Gasteiger partial charge on any atom is -0.456 e. The Morgan fingerprint density at radius 1 is 1.00 bits per heavy atom. The third kappa shape index (κ3) is 5.41. The Hall–Kier alpha value is -2.66. The Balaban J connectivity index is 1.41. The molecule has 140 valence electrons. The quantitative estimate of drug-likeness (QED) is 0.578. The zero-order valence-corrected chi connectivity index (χ0v) is 15.6. The minimum absolute atomic E-state index is 0.0552. The number of carbonyl (C=O) groups excluding carboxylic acids is 3. The lowest BCUT2D eigenvalue weighted by molar-refractivity contribution is -0.147. The molecule has 0 unspecified atom stereocenters. The largest absolute Gasteiger partial charge is 0.456 e. The number of hydrogen-bond acceptors (Lipinski definition) is 4. The molecule has 0 bridgehead atoms. The molecule has 0 heterocycles. The molecule has 0 radical (unpaired) electrons. The number of nitrogens with one attached hydrogen (secondary N) is 1. The van der Waals surface area contributed by atoms with Crippen molar-refractivity contribution in [2.24, 2.45) is 0 Å². The fourth-order valence-electron chi connectivity index (χ4n) is 3.09. The zero-order chi connectivity index (χ0) is 19.2. The normalized spacial score (nSPS) is 12.3. The summed E-state index contributed by atoms with van der Waals surface area (Å²) in [6, 6.07) is 12.4. The van der Waals surface area contributed by atoms with Crippen molar-refractivity contribution in [2.75, 3.05) is 11.9 Å². The average molecular weight is 386 g/mol. The Morgan fingerprint density at radius 3 is 2.63 bits per heavy atom. The lowest BCUT2D eigenvalue weighted by atomic mass is 10.0. The minimum atomic E-state index is -0.578. The summed E-state index contributed by atoms with van der Waals surface area (Å²) in [5.74, 6) is -1.13. The first-order valence-corrected chi connectivity index (χ1v) is 9.25. The van der Waals surface area contributed by atoms with E-state index in [9.17, 15) is 14.4 Å². The Kier molecular flexibility index (Phi) is 6.24. The van der Waals surface area contributed by atoms with Crippen LogP contribution in [0, 0.1) is 0 Å². The number of aryl methyl sites for hydroxylation is 2. The molecule has 3 rings (SSSR count). The van der Waals surface area contributed by atoms with Crippen molar-refractivity contribution in [3.05, 3.63) is 64.2 Å². The van der Waals surface area contributed by atoms with E-state index in [-0.39, 0.29) is 18.6 Å². The SMILES string of the molecule is O=C(COC(=O)CCC(=O)c1ccc2c(c1)CCC2)Nc1cccc(Cl)c1. The zero-order valence-electron chi connectivity index (χ0n) is 14.8. The number of esters is 1. The molecule has 1 amide bonds. The fourth-order valence-corrected chi connectivity index (χ4v) is 3.28. The predicted octanol–water partition coefficient (Wildman–Crippen LogP) is 3.97. The van der Waals surface area contributed by atoms with E-state index in [2.05, 4.69) is 5.32 Å². The first-order valence-electron chi connectivity index (χ1n) is 8.87. The standard InChI is InChI=1S/C21H20ClNO4/c22-17-5-2-6-18(12-17)23-20(25)13-27-21(26)10-9-19(24)16-8-7-14-3-1-4-15(14)11-16/h2,5-8,11-12H,1,3-4,9-10,13H2,(H,23,25). The molecule has 6 heteroatoms. The van der Waals surface area contributed by atoms with Gasteiger partial charge in [0, 0.05) is 22.7 Å². The third-order valence-corrected chi connectivity index (χ3v) is 4.68. The average Bonchev–Trinajstić information content (AvgIpc) is 3.12. The van der Waals surface area contributed by atoms with E-state index in [0.717, 1.165) is 19.3 Å². The summed E-state index contributed by atoms with van der Waals surface area (Å²) in [6.07, 6.45) is 3.19. The van der Waals surface area contributed by atoms with Gasteiger partial charge in [0.05, 0.1) is 6.42 Å². The van der Waals surface area contributed by atoms with E-state index in [4.69, 9.17) is 16.3 Å². The van der Waals surface area contributed by atoms with Gasteiger partial charge in [-0.25, -0.2) is 0 Å². The van der Waals surface area contributed by atoms with Crippen molar-refractivity contribution >= 4 is 34.9 Å². The summed E-state index contributed by atoms with van der Waals surface area (Å²) in [7, 11) is 0. The molecule has 1 aliphatic rings. The molecular weight excluding hydrogens is 366 g/mol. The fraction of sp³-hybridized carbons (Fsp3) is 0.286. The Morgan fingerprint density at radius 2 is 1.81 bits per heavy atom. The second kappa shape index (κ2) is 8.82. The summed E-state index contributed by atoms with van der Waals surface area (Å²) in [4.78, 5) is 35.9. The van der Waals surface area contributed by atoms with Gasteiger partial charge < -0.3 is 10.1 Å². The lowest BCUT2D eigenvalue weighted by Crippen LogP contribution is -2.21. The van der Waals surface area contributed by atoms with Gasteiger partial charge in [0.2, 0.25) is 0 Å². The molecule has 1 aliphatic carbocycles. The molecule has 0 atom stereocenters. The van der Waals surface area contributed by atoms with Gasteiger partial charge in [-0.3, -0.25) is 14.4 Å². The van der Waals surface area contributed by atoms with Gasteiger partial charge in [-0.05, 0) is 54.7 Å². The molecule has 2 aromatic rings. The predicted molar refractivity (Wildman–Crippen MR) is 103 cm³/mol. The van der Waals surface area contributed by atoms with Gasteiger partial charge >= 0.3 is 5.97 Å². The third-order valence-electron chi connectivity index (χ3n) is 4.45. The van der Waals surface area contributed by atoms with E-state index in [1.54, 1.807) is 24.3 Å². The number of halogens is 1. The summed E-state index contributed by atoms with van der Waals surface area (Å²) < 4.78 is 4.93. The molecule has 0 spiro atoms. The highest BCUT2D eigenvalue weighted by molar-refractivity contribution is 6.30. The van der Waals surface area contributed by atoms with Gasteiger partial charge in [0.25, 0.3) is 5.91 Å². The van der Waals surface area contributed by atoms with Crippen molar-refractivity contribution < 1.29 is 19.1 Å². The van der Waals surface area contributed by atoms with E-state index in [1.165, 1.54) is 11.1 Å². The maximum atomic E-state index is 12.3. The summed E-state index contributed by atoms with van der Waals surface area (Å²) in [6.45, 7) is -0.404. The van der Waals surface area contributed by atoms with Crippen LogP contribution in [0.1, 0.15) is 40.7 Å². The molecule has 5 nitrogen and oxygen atoms in total. The van der Waals surface area contributed by atoms with E-state index < -0.39 is 18.5 Å². The molecule has 27 heavy (non-hydrogen) atoms. The van der Waals surface area contributed by atoms with Crippen molar-refractivity contribution in [2.45, 2.75) is 32.1 Å². The number of rotatable bonds is 7. The molecule has 2 aromatic carbocycles. The molecule has 0 saturated heterocycles. The van der Waals surface area contributed by atoms with Crippen LogP contribution in [-0.4, -0.2) is 24.3 Å². The first kappa shape index (κ1) is 19.1. The monoisotopic (exact) mass is 385 g/mol. The van der Waals surface area contributed by atoms with Crippen LogP contribution in [0.5, 0.6) is 0 Å². The van der Waals surface area contributed by atoms with Crippen molar-refractivity contribution in [3.8, 4) is 0 Å². The number of fused-ring (bicyclic) bond motifs is 1. The van der Waals surface area contributed by atoms with Crippen LogP contribution >= 0.6 is 11.6 Å². The molecule has 0 fully saturated rings. The van der Waals surface area contributed by atoms with Gasteiger partial charge in [-0.1, -0.05) is 29.8 Å². The Labute approximate surface area is 162 Å². The van der Waals surface area contributed by atoms with Gasteiger partial charge in [-0.15, -0.1) is 0 Å². The molecule has 0 saturated carbocycles. The van der Waals surface area contributed by atoms with Crippen LogP contribution in [0.4, 0.5) is 5.69 Å². The molecule has 0 aliphatic heterocycles. The van der Waals surface area contributed by atoms with Crippen molar-refractivity contribution in [1.82, 2.24) is 0 Å². The lowest BCUT2D eigenvalue weighted by Gasteiger charge is -2.07. The number of ketones is 1. The van der Waals surface area contributed by atoms with Crippen LogP contribution in [0.3, 0.4) is 0 Å². The number of Topliss-reactive ketones (excluding diaryl/α,β-unsaturated/α-hetero) is 1. The van der Waals surface area contributed by atoms with Gasteiger partial charge in [0.1, 0.15) is 0 Å². The van der Waals surface area contributed by atoms with Crippen LogP contribution < -0.4 is 5.32 Å². The van der Waals surface area contributed by atoms with Crippen molar-refractivity contribution in [3.63, 3.8) is 0 Å². The van der Waals surface area contributed by atoms with E-state index in [1.807, 2.05) is 18.2 Å². The number of hydrogen-bond donors (Lipinski definition) is 1. The summed E-state index contributed by atoms with van der Waals surface area (Å²) >= 11 is 5.84. The maximum absolute atomic E-state index is 12.3. The maximum Gasteiger partial charge on any atom is 0.306 e. The van der Waals surface area contributed by atoms with E-state index >= 15 is 0 Å². The number of benzene rings is 2. The number of amides is 1. The first-order chi connectivity index (χ1) is 13.0. The summed E-state index contributed by atoms with van der Waals surface area (Å²) in [5, 5.41) is 3.08. The second-order valence-electron chi connectivity index (χ2n) is 6.48. The second-order valence-corrected chi connectivity index (χ2v) is 6.92. The highest BCUT2D eigenvalue weighted by Crippen LogP contribution is 2.23. The topological polar surface area (TPSA) is 72.5 Å². The summed E-state index contributed by atoms with van der Waals surface area (Å²) in [5.41, 5.74) is 3.68. The smallest absolute Gasteiger partial charge is 0.306 e. The van der Waals surface area contributed by atoms with Gasteiger partial charge in [-0.2, -0.15) is 0 Å². The van der Waals surface area contributed by atoms with Crippen LogP contribution in [0.15, 0.2) is 42.5 Å². The Bertz CT molecular complexity index is 878. The highest BCUT2D eigenvalue weighted by atomic mass is 35.5. The highest BCUT2D eigenvalue weighted by Gasteiger charge is 2.16. The van der Waals surface area contributed by atoms with Crippen LogP contribution in [-0.2, 0) is 27.2 Å². The number of anilines is 1. The number of carbonyl (C=O) groups is 3. The van der Waals surface area contributed by atoms with Crippen molar-refractivity contribution in [1.29, 1.82) is 0 Å². The van der Waals surface area contributed by atoms with Crippen LogP contribution in [0.2, 0.25) is 5.02 Å². The molecule has 1 N–H and O–H groups in total. The van der Waals surface area contributed by atoms with Crippen LogP contribution in [0.25, 0.3) is 0 Å².